The van der Waals surface area contributed by atoms with Gasteiger partial charge in [0.2, 0.25) is 10.0 Å². The molecule has 1 aromatic carbocycles. The van der Waals surface area contributed by atoms with E-state index in [1.165, 1.54) is 16.4 Å². The van der Waals surface area contributed by atoms with E-state index in [1.54, 1.807) is 35.8 Å². The van der Waals surface area contributed by atoms with Crippen LogP contribution < -0.4 is 0 Å². The molecule has 0 bridgehead atoms. The molecule has 0 saturated carbocycles. The van der Waals surface area contributed by atoms with Crippen LogP contribution in [0.4, 0.5) is 0 Å². The molecule has 25 heavy (non-hydrogen) atoms. The van der Waals surface area contributed by atoms with Crippen molar-refractivity contribution in [3.8, 4) is 0 Å². The van der Waals surface area contributed by atoms with E-state index in [0.717, 1.165) is 18.6 Å². The minimum atomic E-state index is -3.72. The molecule has 1 fully saturated rings. The number of aliphatic hydroxyl groups is 1. The number of thioether (sulfide) groups is 1. The lowest BCUT2D eigenvalue weighted by atomic mass is 10.1. The first kappa shape index (κ1) is 20.2. The second kappa shape index (κ2) is 9.02. The first-order valence-corrected chi connectivity index (χ1v) is 11.2. The van der Waals surface area contributed by atoms with Gasteiger partial charge in [-0.05, 0) is 37.3 Å². The molecule has 1 N–H and O–H groups in total. The molecule has 0 aliphatic carbocycles. The monoisotopic (exact) mass is 386 g/mol. The van der Waals surface area contributed by atoms with Gasteiger partial charge in [-0.2, -0.15) is 16.1 Å². The summed E-state index contributed by atoms with van der Waals surface area (Å²) in [6, 6.07) is 5.80. The average Bonchev–Trinajstić information content (AvgIpc) is 2.65. The highest BCUT2D eigenvalue weighted by Gasteiger charge is 2.33. The van der Waals surface area contributed by atoms with Crippen LogP contribution >= 0.6 is 11.8 Å². The van der Waals surface area contributed by atoms with Crippen LogP contribution in [0.15, 0.2) is 29.2 Å². The van der Waals surface area contributed by atoms with Gasteiger partial charge in [-0.25, -0.2) is 8.42 Å². The standard InChI is InChI=1S/C17H26N2O4S2/c1-18(10-11-24-2)17(21)14-6-5-8-16(12-14)25(22,23)19-9-4-3-7-15(19)13-20/h5-6,8,12,15,20H,3-4,7,9-11,13H2,1-2H3/t15-/m0/s1. The zero-order valence-electron chi connectivity index (χ0n) is 14.7. The van der Waals surface area contributed by atoms with Crippen molar-refractivity contribution in [2.75, 3.05) is 38.8 Å². The highest BCUT2D eigenvalue weighted by Crippen LogP contribution is 2.25. The average molecular weight is 387 g/mol. The molecular formula is C17H26N2O4S2. The largest absolute Gasteiger partial charge is 0.395 e. The SMILES string of the molecule is CSCCN(C)C(=O)c1cccc(S(=O)(=O)N2CCCC[C@H]2CO)c1. The Bertz CT molecular complexity index is 694. The minimum Gasteiger partial charge on any atom is -0.395 e. The van der Waals surface area contributed by atoms with Gasteiger partial charge in [-0.15, -0.1) is 0 Å². The number of hydrogen-bond donors (Lipinski definition) is 1. The summed E-state index contributed by atoms with van der Waals surface area (Å²) in [5.74, 6) is 0.634. The summed E-state index contributed by atoms with van der Waals surface area (Å²) in [4.78, 5) is 14.2. The lowest BCUT2D eigenvalue weighted by Crippen LogP contribution is -2.45. The quantitative estimate of drug-likeness (QED) is 0.771. The second-order valence-corrected chi connectivity index (χ2v) is 9.07. The number of carbonyl (C=O) groups excluding carboxylic acids is 1. The Labute approximate surface area is 154 Å². The number of nitrogens with zero attached hydrogens (tertiary/aromatic N) is 2. The van der Waals surface area contributed by atoms with E-state index >= 15 is 0 Å². The number of aliphatic hydroxyl groups excluding tert-OH is 1. The number of hydrogen-bond acceptors (Lipinski definition) is 5. The molecule has 1 saturated heterocycles. The summed E-state index contributed by atoms with van der Waals surface area (Å²) in [7, 11) is -2.01. The van der Waals surface area contributed by atoms with Gasteiger partial charge >= 0.3 is 0 Å². The van der Waals surface area contributed by atoms with Crippen LogP contribution in [-0.2, 0) is 10.0 Å². The number of piperidine rings is 1. The van der Waals surface area contributed by atoms with Crippen molar-refractivity contribution in [1.82, 2.24) is 9.21 Å². The van der Waals surface area contributed by atoms with Crippen molar-refractivity contribution in [1.29, 1.82) is 0 Å². The topological polar surface area (TPSA) is 77.9 Å². The van der Waals surface area contributed by atoms with Gasteiger partial charge < -0.3 is 10.0 Å². The van der Waals surface area contributed by atoms with Gasteiger partial charge in [0, 0.05) is 37.5 Å². The highest BCUT2D eigenvalue weighted by molar-refractivity contribution is 7.98. The summed E-state index contributed by atoms with van der Waals surface area (Å²) in [6.07, 6.45) is 4.33. The normalized spacial score (nSPS) is 18.9. The zero-order valence-corrected chi connectivity index (χ0v) is 16.4. The molecule has 2 rings (SSSR count). The molecule has 1 heterocycles. The van der Waals surface area contributed by atoms with E-state index in [0.29, 0.717) is 25.1 Å². The van der Waals surface area contributed by atoms with Crippen LogP contribution in [0, 0.1) is 0 Å². The molecule has 6 nitrogen and oxygen atoms in total. The van der Waals surface area contributed by atoms with Gasteiger partial charge in [0.1, 0.15) is 0 Å². The van der Waals surface area contributed by atoms with E-state index in [-0.39, 0.29) is 23.5 Å². The summed E-state index contributed by atoms with van der Waals surface area (Å²) in [5, 5.41) is 9.50. The predicted octanol–water partition coefficient (Wildman–Crippen LogP) is 1.66. The fourth-order valence-corrected chi connectivity index (χ4v) is 5.14. The van der Waals surface area contributed by atoms with Crippen molar-refractivity contribution in [2.45, 2.75) is 30.2 Å². The number of sulfonamides is 1. The molecule has 1 amide bonds. The smallest absolute Gasteiger partial charge is 0.253 e. The van der Waals surface area contributed by atoms with E-state index in [2.05, 4.69) is 0 Å². The number of benzene rings is 1. The Morgan fingerprint density at radius 3 is 2.84 bits per heavy atom. The molecule has 1 atom stereocenters. The molecule has 0 spiro atoms. The van der Waals surface area contributed by atoms with E-state index in [1.807, 2.05) is 6.26 Å². The molecule has 1 aliphatic heterocycles. The summed E-state index contributed by atoms with van der Waals surface area (Å²) >= 11 is 1.65. The first-order chi connectivity index (χ1) is 11.9. The Morgan fingerprint density at radius 2 is 2.16 bits per heavy atom. The van der Waals surface area contributed by atoms with E-state index in [9.17, 15) is 18.3 Å². The Hall–Kier alpha value is -1.09. The summed E-state index contributed by atoms with van der Waals surface area (Å²) < 4.78 is 27.3. The third-order valence-corrected chi connectivity index (χ3v) is 6.99. The molecule has 0 unspecified atom stereocenters. The molecule has 0 radical (unpaired) electrons. The Morgan fingerprint density at radius 1 is 1.40 bits per heavy atom. The molecule has 1 aliphatic rings. The summed E-state index contributed by atoms with van der Waals surface area (Å²) in [6.45, 7) is 0.824. The van der Waals surface area contributed by atoms with Crippen LogP contribution in [0.25, 0.3) is 0 Å². The Balaban J connectivity index is 2.26. The molecule has 8 heteroatoms. The van der Waals surface area contributed by atoms with Gasteiger partial charge in [-0.1, -0.05) is 12.5 Å². The maximum Gasteiger partial charge on any atom is 0.253 e. The summed E-state index contributed by atoms with van der Waals surface area (Å²) in [5.41, 5.74) is 0.363. The van der Waals surface area contributed by atoms with Crippen molar-refractivity contribution in [3.63, 3.8) is 0 Å². The highest BCUT2D eigenvalue weighted by atomic mass is 32.2. The lowest BCUT2D eigenvalue weighted by Gasteiger charge is -2.33. The third-order valence-electron chi connectivity index (χ3n) is 4.45. The lowest BCUT2D eigenvalue weighted by molar-refractivity contribution is 0.0803. The van der Waals surface area contributed by atoms with Crippen molar-refractivity contribution >= 4 is 27.7 Å². The third kappa shape index (κ3) is 4.75. The van der Waals surface area contributed by atoms with E-state index in [4.69, 9.17) is 0 Å². The Kier molecular flexibility index (Phi) is 7.30. The fourth-order valence-electron chi connectivity index (χ4n) is 2.95. The van der Waals surface area contributed by atoms with Crippen LogP contribution in [0.3, 0.4) is 0 Å². The van der Waals surface area contributed by atoms with Crippen LogP contribution in [0.2, 0.25) is 0 Å². The maximum atomic E-state index is 13.0. The van der Waals surface area contributed by atoms with Crippen molar-refractivity contribution < 1.29 is 18.3 Å². The minimum absolute atomic E-state index is 0.108. The van der Waals surface area contributed by atoms with Gasteiger partial charge in [0.05, 0.1) is 11.5 Å². The van der Waals surface area contributed by atoms with Crippen LogP contribution in [-0.4, -0.2) is 73.4 Å². The van der Waals surface area contributed by atoms with Crippen LogP contribution in [0.1, 0.15) is 29.6 Å². The molecule has 0 aromatic heterocycles. The number of amides is 1. The first-order valence-electron chi connectivity index (χ1n) is 8.39. The second-order valence-electron chi connectivity index (χ2n) is 6.20. The molecule has 140 valence electrons. The van der Waals surface area contributed by atoms with Crippen molar-refractivity contribution in [3.05, 3.63) is 29.8 Å². The predicted molar refractivity (Wildman–Crippen MR) is 100 cm³/mol. The van der Waals surface area contributed by atoms with Crippen LogP contribution in [0.5, 0.6) is 0 Å². The maximum absolute atomic E-state index is 13.0. The van der Waals surface area contributed by atoms with Gasteiger partial charge in [0.25, 0.3) is 5.91 Å². The molecule has 1 aromatic rings. The van der Waals surface area contributed by atoms with Gasteiger partial charge in [0.15, 0.2) is 0 Å². The van der Waals surface area contributed by atoms with E-state index < -0.39 is 10.0 Å². The zero-order chi connectivity index (χ0) is 18.4. The molecular weight excluding hydrogens is 360 g/mol. The fraction of sp³-hybridized carbons (Fsp3) is 0.588. The van der Waals surface area contributed by atoms with Gasteiger partial charge in [-0.3, -0.25) is 4.79 Å². The number of carbonyl (C=O) groups is 1. The van der Waals surface area contributed by atoms with Crippen molar-refractivity contribution in [2.24, 2.45) is 0 Å². The number of rotatable bonds is 7.